The van der Waals surface area contributed by atoms with E-state index < -0.39 is 11.7 Å². The molecule has 0 amide bonds. The Morgan fingerprint density at radius 2 is 2.00 bits per heavy atom. The molecular weight excluding hydrogens is 344 g/mol. The van der Waals surface area contributed by atoms with Gasteiger partial charge in [-0.1, -0.05) is 18.2 Å². The molecule has 0 radical (unpaired) electrons. The Hall–Kier alpha value is -1.62. The van der Waals surface area contributed by atoms with E-state index in [0.29, 0.717) is 18.4 Å². The van der Waals surface area contributed by atoms with Gasteiger partial charge < -0.3 is 14.2 Å². The number of allylic oxidation sites excluding steroid dienone is 2. The summed E-state index contributed by atoms with van der Waals surface area (Å²) in [6.45, 7) is 11.6. The van der Waals surface area contributed by atoms with Crippen LogP contribution in [0.3, 0.4) is 0 Å². The molecule has 0 saturated carbocycles. The van der Waals surface area contributed by atoms with Gasteiger partial charge in [0.25, 0.3) is 0 Å². The third kappa shape index (κ3) is 4.45. The molecule has 0 aromatic heterocycles. The predicted molar refractivity (Wildman–Crippen MR) is 102 cm³/mol. The zero-order valence-corrected chi connectivity index (χ0v) is 17.0. The number of hydrogen-bond acceptors (Lipinski definition) is 5. The number of fused-ring (bicyclic) bond motifs is 4. The molecule has 2 heterocycles. The van der Waals surface area contributed by atoms with E-state index in [9.17, 15) is 9.59 Å². The number of carbonyl (C=O) groups is 2. The van der Waals surface area contributed by atoms with Gasteiger partial charge in [-0.05, 0) is 71.6 Å². The topological polar surface area (TPSA) is 65.1 Å². The van der Waals surface area contributed by atoms with Crippen LogP contribution in [0.1, 0.15) is 72.6 Å². The molecule has 2 aliphatic heterocycles. The van der Waals surface area contributed by atoms with E-state index in [0.717, 1.165) is 32.1 Å². The molecule has 150 valence electrons. The van der Waals surface area contributed by atoms with Gasteiger partial charge in [0.1, 0.15) is 11.7 Å². The Labute approximate surface area is 162 Å². The zero-order chi connectivity index (χ0) is 19.8. The summed E-state index contributed by atoms with van der Waals surface area (Å²) >= 11 is 0. The maximum atomic E-state index is 12.7. The summed E-state index contributed by atoms with van der Waals surface area (Å²) in [5, 5.41) is 0. The maximum Gasteiger partial charge on any atom is 0.334 e. The van der Waals surface area contributed by atoms with Crippen LogP contribution in [-0.4, -0.2) is 35.3 Å². The first kappa shape index (κ1) is 20.1. The van der Waals surface area contributed by atoms with Gasteiger partial charge in [0, 0.05) is 12.5 Å². The number of esters is 2. The molecule has 2 bridgehead atoms. The molecule has 2 fully saturated rings. The molecule has 0 N–H and O–H groups in total. The minimum absolute atomic E-state index is 0.0457. The second kappa shape index (κ2) is 7.42. The molecule has 3 aliphatic rings. The minimum Gasteiger partial charge on any atom is -0.458 e. The summed E-state index contributed by atoms with van der Waals surface area (Å²) < 4.78 is 17.5. The van der Waals surface area contributed by atoms with Gasteiger partial charge in [0.2, 0.25) is 0 Å². The quantitative estimate of drug-likeness (QED) is 0.296. The van der Waals surface area contributed by atoms with Crippen molar-refractivity contribution in [2.75, 3.05) is 0 Å². The highest BCUT2D eigenvalue weighted by atomic mass is 16.6. The van der Waals surface area contributed by atoms with Crippen LogP contribution < -0.4 is 0 Å². The fourth-order valence-corrected chi connectivity index (χ4v) is 4.44. The van der Waals surface area contributed by atoms with Crippen LogP contribution >= 0.6 is 0 Å². The zero-order valence-electron chi connectivity index (χ0n) is 17.0. The van der Waals surface area contributed by atoms with E-state index in [2.05, 4.69) is 26.5 Å². The summed E-state index contributed by atoms with van der Waals surface area (Å²) in [7, 11) is 0. The maximum absolute atomic E-state index is 12.7. The first-order valence-corrected chi connectivity index (χ1v) is 10.1. The third-order valence-corrected chi connectivity index (χ3v) is 6.53. The summed E-state index contributed by atoms with van der Waals surface area (Å²) in [5.74, 6) is -0.673. The number of ether oxygens (including phenoxy) is 3. The molecule has 5 atom stereocenters. The molecule has 5 nitrogen and oxygen atoms in total. The monoisotopic (exact) mass is 376 g/mol. The van der Waals surface area contributed by atoms with E-state index in [-0.39, 0.29) is 29.6 Å². The van der Waals surface area contributed by atoms with Crippen LogP contribution in [0.25, 0.3) is 0 Å². The molecule has 0 aromatic carbocycles. The average Bonchev–Trinajstić information content (AvgIpc) is 3.24. The van der Waals surface area contributed by atoms with E-state index in [1.54, 1.807) is 0 Å². The van der Waals surface area contributed by atoms with Crippen molar-refractivity contribution in [1.29, 1.82) is 0 Å². The van der Waals surface area contributed by atoms with Gasteiger partial charge in [0.05, 0.1) is 11.7 Å². The van der Waals surface area contributed by atoms with Gasteiger partial charge in [-0.25, -0.2) is 4.79 Å². The smallest absolute Gasteiger partial charge is 0.334 e. The molecular formula is C22H32O5. The van der Waals surface area contributed by atoms with Crippen LogP contribution in [-0.2, 0) is 23.8 Å². The molecule has 0 unspecified atom stereocenters. The molecule has 0 spiro atoms. The van der Waals surface area contributed by atoms with Crippen LogP contribution in [0.2, 0.25) is 0 Å². The second-order valence-electron chi connectivity index (χ2n) is 8.84. The van der Waals surface area contributed by atoms with E-state index in [1.165, 1.54) is 12.5 Å². The minimum atomic E-state index is -0.835. The van der Waals surface area contributed by atoms with E-state index >= 15 is 0 Å². The molecule has 3 rings (SSSR count). The van der Waals surface area contributed by atoms with Crippen LogP contribution in [0.15, 0.2) is 23.8 Å². The highest BCUT2D eigenvalue weighted by molar-refractivity contribution is 5.89. The van der Waals surface area contributed by atoms with Crippen molar-refractivity contribution in [3.63, 3.8) is 0 Å². The van der Waals surface area contributed by atoms with E-state index in [1.807, 2.05) is 6.92 Å². The molecule has 0 aromatic rings. The molecule has 27 heavy (non-hydrogen) atoms. The number of hydrogen-bond donors (Lipinski definition) is 0. The first-order chi connectivity index (χ1) is 12.6. The first-order valence-electron chi connectivity index (χ1n) is 10.1. The molecule has 5 heteroatoms. The lowest BCUT2D eigenvalue weighted by Crippen LogP contribution is -2.45. The largest absolute Gasteiger partial charge is 0.458 e. The van der Waals surface area contributed by atoms with Crippen molar-refractivity contribution in [2.45, 2.75) is 96.1 Å². The summed E-state index contributed by atoms with van der Waals surface area (Å²) in [4.78, 5) is 24.4. The van der Waals surface area contributed by atoms with Gasteiger partial charge in [-0.2, -0.15) is 0 Å². The van der Waals surface area contributed by atoms with Gasteiger partial charge in [-0.3, -0.25) is 4.79 Å². The predicted octanol–water partition coefficient (Wildman–Crippen LogP) is 4.25. The lowest BCUT2D eigenvalue weighted by molar-refractivity contribution is -0.180. The molecule has 1 aliphatic carbocycles. The Balaban J connectivity index is 1.90. The van der Waals surface area contributed by atoms with Crippen molar-refractivity contribution in [3.05, 3.63) is 23.8 Å². The summed E-state index contributed by atoms with van der Waals surface area (Å²) in [6.07, 6.45) is 7.56. The molecule has 2 saturated heterocycles. The fraction of sp³-hybridized carbons (Fsp3) is 0.727. The normalized spacial score (nSPS) is 42.1. The van der Waals surface area contributed by atoms with Gasteiger partial charge in [0.15, 0.2) is 0 Å². The van der Waals surface area contributed by atoms with E-state index in [4.69, 9.17) is 14.2 Å². The number of rotatable bonds is 1. The number of carbonyl (C=O) groups excluding carboxylic acids is 2. The van der Waals surface area contributed by atoms with Crippen LogP contribution in [0, 0.1) is 5.92 Å². The lowest BCUT2D eigenvalue weighted by atomic mass is 9.82. The lowest BCUT2D eigenvalue weighted by Gasteiger charge is -2.35. The van der Waals surface area contributed by atoms with Crippen molar-refractivity contribution in [3.8, 4) is 0 Å². The number of epoxide rings is 1. The average molecular weight is 376 g/mol. The summed E-state index contributed by atoms with van der Waals surface area (Å²) in [5.41, 5.74) is 0.845. The van der Waals surface area contributed by atoms with Crippen molar-refractivity contribution in [1.82, 2.24) is 0 Å². The van der Waals surface area contributed by atoms with Crippen LogP contribution in [0.4, 0.5) is 0 Å². The third-order valence-electron chi connectivity index (χ3n) is 6.53. The highest BCUT2D eigenvalue weighted by Crippen LogP contribution is 2.47. The Kier molecular flexibility index (Phi) is 5.53. The van der Waals surface area contributed by atoms with Crippen LogP contribution in [0.5, 0.6) is 0 Å². The van der Waals surface area contributed by atoms with Crippen molar-refractivity contribution < 1.29 is 23.8 Å². The Bertz CT molecular complexity index is 666. The highest BCUT2D eigenvalue weighted by Gasteiger charge is 2.53. The SMILES string of the molecule is C=C1C(=O)O[C@]2(C)CC[C@@H]1C[C@@H]1O[C@@]1(C)CC/C=C(/C)CC[C@H]2OC(C)=O. The van der Waals surface area contributed by atoms with Gasteiger partial charge in [-0.15, -0.1) is 0 Å². The summed E-state index contributed by atoms with van der Waals surface area (Å²) in [6, 6.07) is 0. The Morgan fingerprint density at radius 3 is 2.70 bits per heavy atom. The standard InChI is InChI=1S/C22H32O5/c1-14-7-6-11-21(4)19(26-21)13-17-10-12-22(5,27-20(24)15(17)2)18(9-8-14)25-16(3)23/h7,17-19H,2,6,8-13H2,1,3-5H3/b14-7-/t17-,18-,19+,21+,22-/m1/s1. The fourth-order valence-electron chi connectivity index (χ4n) is 4.44. The van der Waals surface area contributed by atoms with Gasteiger partial charge >= 0.3 is 11.9 Å². The Morgan fingerprint density at radius 1 is 1.26 bits per heavy atom. The second-order valence-corrected chi connectivity index (χ2v) is 8.84. The van der Waals surface area contributed by atoms with Crippen molar-refractivity contribution in [2.24, 2.45) is 5.92 Å². The van der Waals surface area contributed by atoms with Crippen molar-refractivity contribution >= 4 is 11.9 Å².